The Morgan fingerprint density at radius 1 is 1.17 bits per heavy atom. The molecule has 0 aliphatic rings. The molecule has 0 aliphatic heterocycles. The number of nitrogens with zero attached hydrogens (tertiary/aromatic N) is 2. The largest absolute Gasteiger partial charge is 0.497 e. The van der Waals surface area contributed by atoms with Gasteiger partial charge in [0.25, 0.3) is 0 Å². The van der Waals surface area contributed by atoms with Crippen molar-refractivity contribution in [2.75, 3.05) is 34.3 Å². The highest BCUT2D eigenvalue weighted by Crippen LogP contribution is 2.17. The van der Waals surface area contributed by atoms with Crippen molar-refractivity contribution in [3.8, 4) is 5.75 Å². The highest BCUT2D eigenvalue weighted by molar-refractivity contribution is 5.85. The minimum atomic E-state index is -0.642. The van der Waals surface area contributed by atoms with Crippen molar-refractivity contribution in [1.29, 1.82) is 0 Å². The van der Waals surface area contributed by atoms with Gasteiger partial charge in [-0.1, -0.05) is 18.2 Å². The molecule has 162 valence electrons. The monoisotopic (exact) mass is 418 g/mol. The number of hydrogen-bond donors (Lipinski definition) is 2. The molecule has 0 bridgehead atoms. The molecular formula is C22H28F2N4O2. The number of amides is 1. The summed E-state index contributed by atoms with van der Waals surface area (Å²) in [6.07, 6.45) is 0.714. The van der Waals surface area contributed by atoms with Crippen molar-refractivity contribution in [2.24, 2.45) is 4.99 Å². The Labute approximate surface area is 175 Å². The zero-order valence-corrected chi connectivity index (χ0v) is 17.7. The van der Waals surface area contributed by atoms with E-state index < -0.39 is 17.7 Å². The summed E-state index contributed by atoms with van der Waals surface area (Å²) in [5, 5.41) is 6.24. The molecular weight excluding hydrogens is 390 g/mol. The highest BCUT2D eigenvalue weighted by Gasteiger charge is 2.14. The smallest absolute Gasteiger partial charge is 0.243 e. The van der Waals surface area contributed by atoms with Crippen LogP contribution in [0.15, 0.2) is 47.5 Å². The average molecular weight is 418 g/mol. The van der Waals surface area contributed by atoms with Crippen molar-refractivity contribution in [3.05, 3.63) is 65.2 Å². The second-order valence-corrected chi connectivity index (χ2v) is 7.01. The highest BCUT2D eigenvalue weighted by atomic mass is 19.1. The number of benzene rings is 2. The van der Waals surface area contributed by atoms with Crippen LogP contribution < -0.4 is 15.4 Å². The standard InChI is InChI=1S/C22H28F2N4O2/c1-15(19-10-7-17(23)13-20(19)24)27-22(26-14-21(29)28(2)3)25-12-11-16-5-8-18(30-4)9-6-16/h5-10,13,15H,11-12,14H2,1-4H3,(H2,25,26,27). The maximum absolute atomic E-state index is 14.1. The van der Waals surface area contributed by atoms with Crippen LogP contribution in [-0.2, 0) is 11.2 Å². The van der Waals surface area contributed by atoms with Crippen LogP contribution in [0.1, 0.15) is 24.1 Å². The van der Waals surface area contributed by atoms with Gasteiger partial charge in [0.1, 0.15) is 23.9 Å². The fourth-order valence-corrected chi connectivity index (χ4v) is 2.69. The average Bonchev–Trinajstić information content (AvgIpc) is 2.71. The van der Waals surface area contributed by atoms with Crippen molar-refractivity contribution in [1.82, 2.24) is 15.5 Å². The van der Waals surface area contributed by atoms with Crippen LogP contribution in [0.3, 0.4) is 0 Å². The van der Waals surface area contributed by atoms with E-state index in [1.165, 1.54) is 17.0 Å². The number of carbonyl (C=O) groups is 1. The summed E-state index contributed by atoms with van der Waals surface area (Å²) < 4.78 is 32.4. The minimum Gasteiger partial charge on any atom is -0.497 e. The zero-order valence-electron chi connectivity index (χ0n) is 17.7. The van der Waals surface area contributed by atoms with Crippen LogP contribution in [0.2, 0.25) is 0 Å². The molecule has 8 heteroatoms. The Morgan fingerprint density at radius 2 is 1.87 bits per heavy atom. The molecule has 30 heavy (non-hydrogen) atoms. The predicted molar refractivity (Wildman–Crippen MR) is 114 cm³/mol. The van der Waals surface area contributed by atoms with Gasteiger partial charge >= 0.3 is 0 Å². The molecule has 2 N–H and O–H groups in total. The first-order valence-electron chi connectivity index (χ1n) is 9.63. The van der Waals surface area contributed by atoms with E-state index in [2.05, 4.69) is 15.6 Å². The molecule has 1 amide bonds. The Balaban J connectivity index is 2.05. The van der Waals surface area contributed by atoms with Gasteiger partial charge in [-0.05, 0) is 37.1 Å². The molecule has 1 atom stereocenters. The summed E-state index contributed by atoms with van der Waals surface area (Å²) in [6.45, 7) is 2.24. The third-order valence-electron chi connectivity index (χ3n) is 4.52. The lowest BCUT2D eigenvalue weighted by atomic mass is 10.1. The predicted octanol–water partition coefficient (Wildman–Crippen LogP) is 2.90. The van der Waals surface area contributed by atoms with E-state index in [0.717, 1.165) is 17.4 Å². The summed E-state index contributed by atoms with van der Waals surface area (Å²) in [7, 11) is 4.92. The summed E-state index contributed by atoms with van der Waals surface area (Å²) >= 11 is 0. The molecule has 2 aromatic carbocycles. The molecule has 0 spiro atoms. The molecule has 0 fully saturated rings. The fourth-order valence-electron chi connectivity index (χ4n) is 2.69. The van der Waals surface area contributed by atoms with Crippen LogP contribution in [-0.4, -0.2) is 51.1 Å². The van der Waals surface area contributed by atoms with Gasteiger partial charge in [-0.15, -0.1) is 0 Å². The Morgan fingerprint density at radius 3 is 2.47 bits per heavy atom. The SMILES string of the molecule is COc1ccc(CCNC(=NCC(=O)N(C)C)NC(C)c2ccc(F)cc2F)cc1. The number of halogens is 2. The van der Waals surface area contributed by atoms with Crippen LogP contribution in [0, 0.1) is 11.6 Å². The number of rotatable bonds is 8. The van der Waals surface area contributed by atoms with E-state index in [1.54, 1.807) is 28.1 Å². The third-order valence-corrected chi connectivity index (χ3v) is 4.52. The van der Waals surface area contributed by atoms with Crippen LogP contribution in [0.25, 0.3) is 0 Å². The first-order valence-corrected chi connectivity index (χ1v) is 9.63. The Hall–Kier alpha value is -3.16. The van der Waals surface area contributed by atoms with Crippen molar-refractivity contribution < 1.29 is 18.3 Å². The first kappa shape index (κ1) is 23.1. The number of nitrogens with one attached hydrogen (secondary N) is 2. The number of ether oxygens (including phenoxy) is 1. The maximum Gasteiger partial charge on any atom is 0.243 e. The number of hydrogen-bond acceptors (Lipinski definition) is 3. The second kappa shape index (κ2) is 11.1. The van der Waals surface area contributed by atoms with Crippen LogP contribution in [0.5, 0.6) is 5.75 Å². The number of guanidine groups is 1. The molecule has 0 radical (unpaired) electrons. The van der Waals surface area contributed by atoms with E-state index in [4.69, 9.17) is 4.74 Å². The van der Waals surface area contributed by atoms with Gasteiger partial charge in [0.05, 0.1) is 13.2 Å². The zero-order chi connectivity index (χ0) is 22.1. The molecule has 6 nitrogen and oxygen atoms in total. The lowest BCUT2D eigenvalue weighted by Crippen LogP contribution is -2.41. The molecule has 2 aromatic rings. The maximum atomic E-state index is 14.1. The van der Waals surface area contributed by atoms with Gasteiger partial charge in [-0.2, -0.15) is 0 Å². The van der Waals surface area contributed by atoms with E-state index in [9.17, 15) is 13.6 Å². The van der Waals surface area contributed by atoms with Gasteiger partial charge in [0.15, 0.2) is 5.96 Å². The van der Waals surface area contributed by atoms with Crippen LogP contribution >= 0.6 is 0 Å². The van der Waals surface area contributed by atoms with Gasteiger partial charge in [0, 0.05) is 32.3 Å². The van der Waals surface area contributed by atoms with Gasteiger partial charge in [-0.3, -0.25) is 4.79 Å². The molecule has 0 saturated heterocycles. The summed E-state index contributed by atoms with van der Waals surface area (Å²) in [5.74, 6) is -0.279. The topological polar surface area (TPSA) is 66.0 Å². The molecule has 0 aromatic heterocycles. The summed E-state index contributed by atoms with van der Waals surface area (Å²) in [5.41, 5.74) is 1.41. The van der Waals surface area contributed by atoms with Gasteiger partial charge < -0.3 is 20.3 Å². The number of aliphatic imine (C=N–C) groups is 1. The molecule has 0 aliphatic carbocycles. The van der Waals surface area contributed by atoms with Crippen molar-refractivity contribution >= 4 is 11.9 Å². The van der Waals surface area contributed by atoms with E-state index in [1.807, 2.05) is 24.3 Å². The first-order chi connectivity index (χ1) is 14.3. The van der Waals surface area contributed by atoms with E-state index in [-0.39, 0.29) is 12.5 Å². The Kier molecular flexibility index (Phi) is 8.58. The normalized spacial score (nSPS) is 12.3. The van der Waals surface area contributed by atoms with Gasteiger partial charge in [-0.25, -0.2) is 13.8 Å². The lowest BCUT2D eigenvalue weighted by molar-refractivity contribution is -0.127. The summed E-state index contributed by atoms with van der Waals surface area (Å²) in [6, 6.07) is 10.7. The molecule has 0 heterocycles. The second-order valence-electron chi connectivity index (χ2n) is 7.01. The molecule has 0 saturated carbocycles. The number of likely N-dealkylation sites (N-methyl/N-ethyl adjacent to an activating group) is 1. The third kappa shape index (κ3) is 7.02. The minimum absolute atomic E-state index is 0.0521. The number of carbonyl (C=O) groups excluding carboxylic acids is 1. The van der Waals surface area contributed by atoms with Gasteiger partial charge in [0.2, 0.25) is 5.91 Å². The summed E-state index contributed by atoms with van der Waals surface area (Å²) in [4.78, 5) is 17.6. The van der Waals surface area contributed by atoms with E-state index >= 15 is 0 Å². The molecule has 1 unspecified atom stereocenters. The number of methoxy groups -OCH3 is 1. The van der Waals surface area contributed by atoms with Crippen LogP contribution in [0.4, 0.5) is 8.78 Å². The van der Waals surface area contributed by atoms with E-state index in [0.29, 0.717) is 24.5 Å². The Bertz CT molecular complexity index is 870. The lowest BCUT2D eigenvalue weighted by Gasteiger charge is -2.19. The fraction of sp³-hybridized carbons (Fsp3) is 0.364. The quantitative estimate of drug-likeness (QED) is 0.511. The van der Waals surface area contributed by atoms with Crippen molar-refractivity contribution in [3.63, 3.8) is 0 Å². The van der Waals surface area contributed by atoms with Crippen molar-refractivity contribution in [2.45, 2.75) is 19.4 Å². The molecule has 2 rings (SSSR count).